The molecule has 39 heavy (non-hydrogen) atoms. The Morgan fingerprint density at radius 1 is 1.05 bits per heavy atom. The predicted molar refractivity (Wildman–Crippen MR) is 130 cm³/mol. The summed E-state index contributed by atoms with van der Waals surface area (Å²) < 4.78 is 98.7. The van der Waals surface area contributed by atoms with Crippen molar-refractivity contribution < 1.29 is 34.6 Å². The molecule has 0 amide bonds. The van der Waals surface area contributed by atoms with E-state index in [1.165, 1.54) is 36.7 Å². The predicted octanol–water partition coefficient (Wildman–Crippen LogP) is 4.87. The molecule has 9 nitrogen and oxygen atoms in total. The maximum atomic E-state index is 16.0. The standard InChI is InChI=1S/C23H17ClF5N5O4S/c1-10-9-30-20(14-6-5-7-15(18(14)25)34-13(4)31-12(3)32-34)19(26)21(10)33-11(2)8-16(17(24)22(33)35)38-39(36,37)23(27,28)29/h5-9H,1-4H3. The van der Waals surface area contributed by atoms with Crippen molar-refractivity contribution in [2.24, 2.45) is 0 Å². The van der Waals surface area contributed by atoms with E-state index in [1.807, 2.05) is 0 Å². The maximum absolute atomic E-state index is 16.0. The number of nitrogens with zero attached hydrogens (tertiary/aromatic N) is 5. The van der Waals surface area contributed by atoms with Gasteiger partial charge in [-0.25, -0.2) is 18.4 Å². The van der Waals surface area contributed by atoms with Crippen molar-refractivity contribution in [2.75, 3.05) is 0 Å². The van der Waals surface area contributed by atoms with Crippen molar-refractivity contribution in [1.82, 2.24) is 24.3 Å². The van der Waals surface area contributed by atoms with Crippen molar-refractivity contribution >= 4 is 21.7 Å². The van der Waals surface area contributed by atoms with Crippen molar-refractivity contribution in [1.29, 1.82) is 0 Å². The van der Waals surface area contributed by atoms with Crippen LogP contribution < -0.4 is 9.74 Å². The minimum atomic E-state index is -6.15. The zero-order chi connectivity index (χ0) is 29.0. The average Bonchev–Trinajstić information content (AvgIpc) is 3.16. The fourth-order valence-electron chi connectivity index (χ4n) is 3.83. The Labute approximate surface area is 222 Å². The van der Waals surface area contributed by atoms with Gasteiger partial charge in [0.15, 0.2) is 17.4 Å². The highest BCUT2D eigenvalue weighted by Gasteiger charge is 2.49. The van der Waals surface area contributed by atoms with Crippen molar-refractivity contribution in [3.05, 3.63) is 80.4 Å². The zero-order valence-electron chi connectivity index (χ0n) is 20.4. The number of hydrogen-bond acceptors (Lipinski definition) is 7. The lowest BCUT2D eigenvalue weighted by Gasteiger charge is -2.18. The SMILES string of the molecule is Cc1nc(C)n(-c2cccc(-c3ncc(C)c(-n4c(C)cc(OS(=O)(=O)C(F)(F)F)c(Cl)c4=O)c3F)c2F)n1. The van der Waals surface area contributed by atoms with Gasteiger partial charge in [0.05, 0.1) is 5.69 Å². The molecule has 16 heteroatoms. The van der Waals surface area contributed by atoms with E-state index in [1.54, 1.807) is 13.8 Å². The third kappa shape index (κ3) is 4.87. The molecular weight excluding hydrogens is 573 g/mol. The third-order valence-corrected chi connectivity index (χ3v) is 6.83. The van der Waals surface area contributed by atoms with Crippen molar-refractivity contribution in [3.63, 3.8) is 0 Å². The molecule has 3 aromatic heterocycles. The van der Waals surface area contributed by atoms with Gasteiger partial charge in [0.2, 0.25) is 0 Å². The van der Waals surface area contributed by atoms with E-state index in [0.717, 1.165) is 12.3 Å². The molecule has 0 saturated heterocycles. The van der Waals surface area contributed by atoms with Gasteiger partial charge >= 0.3 is 15.6 Å². The number of rotatable bonds is 5. The van der Waals surface area contributed by atoms with E-state index in [9.17, 15) is 26.4 Å². The van der Waals surface area contributed by atoms with Gasteiger partial charge in [-0.3, -0.25) is 14.3 Å². The second-order valence-electron chi connectivity index (χ2n) is 8.30. The third-order valence-electron chi connectivity index (χ3n) is 5.52. The molecule has 0 unspecified atom stereocenters. The average molecular weight is 590 g/mol. The first-order chi connectivity index (χ1) is 18.0. The van der Waals surface area contributed by atoms with E-state index in [2.05, 4.69) is 19.2 Å². The molecule has 0 aliphatic rings. The molecule has 0 saturated carbocycles. The monoisotopic (exact) mass is 589 g/mol. The molecule has 0 fully saturated rings. The van der Waals surface area contributed by atoms with Crippen LogP contribution in [0.15, 0.2) is 35.3 Å². The highest BCUT2D eigenvalue weighted by atomic mass is 35.5. The van der Waals surface area contributed by atoms with Crippen LogP contribution in [0.25, 0.3) is 22.6 Å². The van der Waals surface area contributed by atoms with Gasteiger partial charge in [-0.2, -0.15) is 26.7 Å². The van der Waals surface area contributed by atoms with Gasteiger partial charge in [0.25, 0.3) is 5.56 Å². The second kappa shape index (κ2) is 9.72. The van der Waals surface area contributed by atoms with Gasteiger partial charge in [-0.15, -0.1) is 0 Å². The number of alkyl halides is 3. The van der Waals surface area contributed by atoms with Gasteiger partial charge in [0, 0.05) is 23.5 Å². The van der Waals surface area contributed by atoms with Gasteiger partial charge in [0.1, 0.15) is 28.1 Å². The van der Waals surface area contributed by atoms with Crippen LogP contribution in [0.4, 0.5) is 22.0 Å². The molecule has 0 aliphatic heterocycles. The molecular formula is C23H17ClF5N5O4S. The Balaban J connectivity index is 1.90. The van der Waals surface area contributed by atoms with Crippen LogP contribution in [0, 0.1) is 39.3 Å². The summed E-state index contributed by atoms with van der Waals surface area (Å²) in [4.78, 5) is 21.2. The van der Waals surface area contributed by atoms with Crippen molar-refractivity contribution in [2.45, 2.75) is 33.2 Å². The first kappa shape index (κ1) is 28.2. The highest BCUT2D eigenvalue weighted by Crippen LogP contribution is 2.34. The summed E-state index contributed by atoms with van der Waals surface area (Å²) in [5.41, 5.74) is -8.49. The number of aryl methyl sites for hydroxylation is 4. The number of halogens is 6. The highest BCUT2D eigenvalue weighted by molar-refractivity contribution is 7.88. The van der Waals surface area contributed by atoms with E-state index < -0.39 is 55.0 Å². The summed E-state index contributed by atoms with van der Waals surface area (Å²) >= 11 is 5.86. The van der Waals surface area contributed by atoms with Crippen LogP contribution >= 0.6 is 11.6 Å². The Morgan fingerprint density at radius 2 is 1.72 bits per heavy atom. The number of pyridine rings is 2. The summed E-state index contributed by atoms with van der Waals surface area (Å²) in [6.45, 7) is 5.77. The van der Waals surface area contributed by atoms with E-state index >= 15 is 8.78 Å². The topological polar surface area (TPSA) is 109 Å². The summed E-state index contributed by atoms with van der Waals surface area (Å²) in [6, 6.07) is 4.81. The molecule has 1 aromatic carbocycles. The van der Waals surface area contributed by atoms with Crippen LogP contribution in [0.5, 0.6) is 5.75 Å². The van der Waals surface area contributed by atoms with Crippen LogP contribution in [-0.2, 0) is 10.1 Å². The lowest BCUT2D eigenvalue weighted by molar-refractivity contribution is -0.0500. The number of benzene rings is 1. The first-order valence-electron chi connectivity index (χ1n) is 10.8. The molecule has 0 atom stereocenters. The molecule has 0 aliphatic carbocycles. The molecule has 4 aromatic rings. The second-order valence-corrected chi connectivity index (χ2v) is 10.2. The van der Waals surface area contributed by atoms with Crippen LogP contribution in [0.1, 0.15) is 22.9 Å². The van der Waals surface area contributed by atoms with E-state index in [-0.39, 0.29) is 22.5 Å². The Morgan fingerprint density at radius 3 is 2.31 bits per heavy atom. The molecule has 0 spiro atoms. The zero-order valence-corrected chi connectivity index (χ0v) is 22.0. The number of hydrogen-bond donors (Lipinski definition) is 0. The van der Waals surface area contributed by atoms with Crippen LogP contribution in [-0.4, -0.2) is 38.2 Å². The van der Waals surface area contributed by atoms with Crippen molar-refractivity contribution in [3.8, 4) is 28.4 Å². The summed E-state index contributed by atoms with van der Waals surface area (Å²) in [7, 11) is -6.15. The largest absolute Gasteiger partial charge is 0.534 e. The molecule has 3 heterocycles. The van der Waals surface area contributed by atoms with Gasteiger partial charge in [-0.05, 0) is 45.4 Å². The van der Waals surface area contributed by atoms with E-state index in [0.29, 0.717) is 16.2 Å². The molecule has 0 N–H and O–H groups in total. The number of aromatic nitrogens is 5. The normalized spacial score (nSPS) is 12.2. The fourth-order valence-corrected chi connectivity index (χ4v) is 4.51. The smallest absolute Gasteiger partial charge is 0.374 e. The summed E-state index contributed by atoms with van der Waals surface area (Å²) in [5.74, 6) is -2.41. The molecule has 4 rings (SSSR count). The maximum Gasteiger partial charge on any atom is 0.534 e. The molecule has 206 valence electrons. The molecule has 0 radical (unpaired) electrons. The fraction of sp³-hybridized carbons (Fsp3) is 0.217. The van der Waals surface area contributed by atoms with Gasteiger partial charge < -0.3 is 4.18 Å². The van der Waals surface area contributed by atoms with Crippen LogP contribution in [0.3, 0.4) is 0 Å². The summed E-state index contributed by atoms with van der Waals surface area (Å²) in [5, 5.41) is 3.07. The quantitative estimate of drug-likeness (QED) is 0.186. The summed E-state index contributed by atoms with van der Waals surface area (Å²) in [6.07, 6.45) is 1.16. The van der Waals surface area contributed by atoms with Crippen LogP contribution in [0.2, 0.25) is 5.02 Å². The van der Waals surface area contributed by atoms with E-state index in [4.69, 9.17) is 11.6 Å². The lowest BCUT2D eigenvalue weighted by atomic mass is 10.1. The Bertz CT molecular complexity index is 1800. The lowest BCUT2D eigenvalue weighted by Crippen LogP contribution is -2.30. The minimum Gasteiger partial charge on any atom is -0.374 e. The minimum absolute atomic E-state index is 0.0438. The Hall–Kier alpha value is -3.85. The Kier molecular flexibility index (Phi) is 7.02. The first-order valence-corrected chi connectivity index (χ1v) is 12.6. The van der Waals surface area contributed by atoms with Gasteiger partial charge in [-0.1, -0.05) is 17.7 Å². The molecule has 0 bridgehead atoms.